The zero-order chi connectivity index (χ0) is 16.4. The molecule has 2 heterocycles. The highest BCUT2D eigenvalue weighted by Gasteiger charge is 2.36. The topological polar surface area (TPSA) is 60.9 Å². The lowest BCUT2D eigenvalue weighted by atomic mass is 10.0. The highest BCUT2D eigenvalue weighted by molar-refractivity contribution is 6.35. The lowest BCUT2D eigenvalue weighted by molar-refractivity contribution is -0.157. The van der Waals surface area contributed by atoms with E-state index in [0.29, 0.717) is 31.7 Å². The number of likely N-dealkylation sites (tertiary alicyclic amines) is 1. The van der Waals surface area contributed by atoms with Gasteiger partial charge in [0.2, 0.25) is 0 Å². The second-order valence-electron chi connectivity index (χ2n) is 6.11. The summed E-state index contributed by atoms with van der Waals surface area (Å²) in [5, 5.41) is 0. The first-order valence-electron chi connectivity index (χ1n) is 7.98. The second kappa shape index (κ2) is 6.40. The Labute approximate surface area is 135 Å². The van der Waals surface area contributed by atoms with Crippen LogP contribution in [0.25, 0.3) is 0 Å². The van der Waals surface area contributed by atoms with Crippen molar-refractivity contribution < 1.29 is 14.4 Å². The van der Waals surface area contributed by atoms with Gasteiger partial charge in [0, 0.05) is 44.8 Å². The predicted octanol–water partition coefficient (Wildman–Crippen LogP) is 0.592. The molecule has 2 aliphatic rings. The maximum Gasteiger partial charge on any atom is 0.312 e. The van der Waals surface area contributed by atoms with E-state index in [4.69, 9.17) is 0 Å². The van der Waals surface area contributed by atoms with Crippen molar-refractivity contribution in [3.8, 4) is 0 Å². The SMILES string of the molecule is CN1CCN(C2CCN(C(=O)c3ccccc3)CC2)C(=O)C1=O. The summed E-state index contributed by atoms with van der Waals surface area (Å²) < 4.78 is 0. The van der Waals surface area contributed by atoms with Crippen LogP contribution in [0.3, 0.4) is 0 Å². The lowest BCUT2D eigenvalue weighted by Gasteiger charge is -2.41. The molecule has 1 aromatic carbocycles. The van der Waals surface area contributed by atoms with Gasteiger partial charge < -0.3 is 14.7 Å². The van der Waals surface area contributed by atoms with E-state index in [9.17, 15) is 14.4 Å². The number of hydrogen-bond acceptors (Lipinski definition) is 3. The number of rotatable bonds is 2. The molecule has 6 nitrogen and oxygen atoms in total. The van der Waals surface area contributed by atoms with Gasteiger partial charge in [0.15, 0.2) is 0 Å². The largest absolute Gasteiger partial charge is 0.338 e. The molecule has 122 valence electrons. The predicted molar refractivity (Wildman–Crippen MR) is 84.7 cm³/mol. The van der Waals surface area contributed by atoms with Crippen molar-refractivity contribution in [1.29, 1.82) is 0 Å². The number of likely N-dealkylation sites (N-methyl/N-ethyl adjacent to an activating group) is 1. The van der Waals surface area contributed by atoms with Gasteiger partial charge in [-0.25, -0.2) is 0 Å². The summed E-state index contributed by atoms with van der Waals surface area (Å²) in [5.74, 6) is -0.810. The monoisotopic (exact) mass is 315 g/mol. The highest BCUT2D eigenvalue weighted by Crippen LogP contribution is 2.20. The Hall–Kier alpha value is -2.37. The van der Waals surface area contributed by atoms with Gasteiger partial charge in [-0.2, -0.15) is 0 Å². The number of hydrogen-bond donors (Lipinski definition) is 0. The fourth-order valence-electron chi connectivity index (χ4n) is 3.24. The van der Waals surface area contributed by atoms with E-state index in [1.165, 1.54) is 4.90 Å². The van der Waals surface area contributed by atoms with Crippen molar-refractivity contribution in [2.45, 2.75) is 18.9 Å². The summed E-state index contributed by atoms with van der Waals surface area (Å²) in [7, 11) is 1.65. The van der Waals surface area contributed by atoms with Crippen LogP contribution in [0.2, 0.25) is 0 Å². The normalized spacial score (nSPS) is 20.1. The van der Waals surface area contributed by atoms with Gasteiger partial charge in [-0.3, -0.25) is 14.4 Å². The molecule has 3 amide bonds. The molecule has 0 spiro atoms. The molecule has 0 radical (unpaired) electrons. The van der Waals surface area contributed by atoms with Gasteiger partial charge in [0.25, 0.3) is 5.91 Å². The van der Waals surface area contributed by atoms with Crippen LogP contribution in [0.15, 0.2) is 30.3 Å². The Morgan fingerprint density at radius 1 is 0.957 bits per heavy atom. The molecule has 0 unspecified atom stereocenters. The van der Waals surface area contributed by atoms with Crippen molar-refractivity contribution in [3.05, 3.63) is 35.9 Å². The molecule has 0 bridgehead atoms. The number of benzene rings is 1. The Balaban J connectivity index is 1.59. The summed E-state index contributed by atoms with van der Waals surface area (Å²) in [6.07, 6.45) is 1.45. The van der Waals surface area contributed by atoms with Crippen LogP contribution < -0.4 is 0 Å². The molecule has 2 saturated heterocycles. The molecule has 0 aliphatic carbocycles. The first kappa shape index (κ1) is 15.5. The van der Waals surface area contributed by atoms with Crippen LogP contribution in [0.4, 0.5) is 0 Å². The smallest absolute Gasteiger partial charge is 0.312 e. The number of piperazine rings is 1. The van der Waals surface area contributed by atoms with Crippen molar-refractivity contribution in [1.82, 2.24) is 14.7 Å². The number of nitrogens with zero attached hydrogens (tertiary/aromatic N) is 3. The number of amides is 3. The second-order valence-corrected chi connectivity index (χ2v) is 6.11. The fourth-order valence-corrected chi connectivity index (χ4v) is 3.24. The minimum atomic E-state index is -0.431. The molecule has 3 rings (SSSR count). The van der Waals surface area contributed by atoms with Crippen LogP contribution in [0.1, 0.15) is 23.2 Å². The van der Waals surface area contributed by atoms with Gasteiger partial charge in [0.05, 0.1) is 0 Å². The van der Waals surface area contributed by atoms with E-state index < -0.39 is 11.8 Å². The van der Waals surface area contributed by atoms with E-state index in [1.807, 2.05) is 35.2 Å². The third-order valence-electron chi connectivity index (χ3n) is 4.68. The molecule has 1 aromatic rings. The van der Waals surface area contributed by atoms with Gasteiger partial charge >= 0.3 is 11.8 Å². The Morgan fingerprint density at radius 2 is 1.61 bits per heavy atom. The minimum Gasteiger partial charge on any atom is -0.338 e. The summed E-state index contributed by atoms with van der Waals surface area (Å²) >= 11 is 0. The average Bonchev–Trinajstić information content (AvgIpc) is 2.60. The van der Waals surface area contributed by atoms with E-state index in [2.05, 4.69) is 0 Å². The molecular weight excluding hydrogens is 294 g/mol. The first-order chi connectivity index (χ1) is 11.1. The summed E-state index contributed by atoms with van der Waals surface area (Å²) in [5.41, 5.74) is 0.691. The van der Waals surface area contributed by atoms with Crippen molar-refractivity contribution in [3.63, 3.8) is 0 Å². The van der Waals surface area contributed by atoms with E-state index in [1.54, 1.807) is 11.9 Å². The third kappa shape index (κ3) is 3.06. The van der Waals surface area contributed by atoms with Gasteiger partial charge in [-0.15, -0.1) is 0 Å². The number of carbonyl (C=O) groups excluding carboxylic acids is 3. The summed E-state index contributed by atoms with van der Waals surface area (Å²) in [6.45, 7) is 2.39. The quantitative estimate of drug-likeness (QED) is 0.751. The van der Waals surface area contributed by atoms with Crippen LogP contribution in [0.5, 0.6) is 0 Å². The third-order valence-corrected chi connectivity index (χ3v) is 4.68. The Morgan fingerprint density at radius 3 is 2.26 bits per heavy atom. The number of piperidine rings is 1. The van der Waals surface area contributed by atoms with Crippen molar-refractivity contribution >= 4 is 17.7 Å². The Bertz CT molecular complexity index is 609. The minimum absolute atomic E-state index is 0.0323. The van der Waals surface area contributed by atoms with Crippen LogP contribution >= 0.6 is 0 Å². The molecule has 0 aromatic heterocycles. The summed E-state index contributed by atoms with van der Waals surface area (Å²) in [4.78, 5) is 41.3. The average molecular weight is 315 g/mol. The number of carbonyl (C=O) groups is 3. The van der Waals surface area contributed by atoms with Crippen molar-refractivity contribution in [2.24, 2.45) is 0 Å². The maximum atomic E-state index is 12.4. The summed E-state index contributed by atoms with van der Waals surface area (Å²) in [6, 6.07) is 9.29. The van der Waals surface area contributed by atoms with E-state index in [0.717, 1.165) is 12.8 Å². The molecule has 0 saturated carbocycles. The molecule has 6 heteroatoms. The molecule has 2 fully saturated rings. The van der Waals surface area contributed by atoms with Gasteiger partial charge in [-0.05, 0) is 25.0 Å². The molecule has 0 N–H and O–H groups in total. The van der Waals surface area contributed by atoms with E-state index >= 15 is 0 Å². The standard InChI is InChI=1S/C17H21N3O3/c1-18-11-12-20(17(23)16(18)22)14-7-9-19(10-8-14)15(21)13-5-3-2-4-6-13/h2-6,14H,7-12H2,1H3. The zero-order valence-corrected chi connectivity index (χ0v) is 13.3. The lowest BCUT2D eigenvalue weighted by Crippen LogP contribution is -2.58. The van der Waals surface area contributed by atoms with Gasteiger partial charge in [-0.1, -0.05) is 18.2 Å². The van der Waals surface area contributed by atoms with Gasteiger partial charge in [0.1, 0.15) is 0 Å². The molecule has 0 atom stereocenters. The zero-order valence-electron chi connectivity index (χ0n) is 13.3. The first-order valence-corrected chi connectivity index (χ1v) is 7.98. The van der Waals surface area contributed by atoms with Crippen LogP contribution in [0, 0.1) is 0 Å². The van der Waals surface area contributed by atoms with E-state index in [-0.39, 0.29) is 11.9 Å². The fraction of sp³-hybridized carbons (Fsp3) is 0.471. The maximum absolute atomic E-state index is 12.4. The molecular formula is C17H21N3O3. The Kier molecular flexibility index (Phi) is 4.32. The molecule has 23 heavy (non-hydrogen) atoms. The van der Waals surface area contributed by atoms with Crippen molar-refractivity contribution in [2.75, 3.05) is 33.2 Å². The van der Waals surface area contributed by atoms with Crippen LogP contribution in [-0.4, -0.2) is 71.7 Å². The molecule has 2 aliphatic heterocycles. The van der Waals surface area contributed by atoms with Crippen LogP contribution in [-0.2, 0) is 9.59 Å². The highest BCUT2D eigenvalue weighted by atomic mass is 16.2.